The summed E-state index contributed by atoms with van der Waals surface area (Å²) >= 11 is 8.52. The molecule has 0 radical (unpaired) electrons. The summed E-state index contributed by atoms with van der Waals surface area (Å²) < 4.78 is 29.0. The van der Waals surface area contributed by atoms with Crippen molar-refractivity contribution in [2.75, 3.05) is 22.4 Å². The first-order valence-corrected chi connectivity index (χ1v) is 10.1. The lowest BCUT2D eigenvalue weighted by Gasteiger charge is -2.32. The number of nitrogens with one attached hydrogen (secondary N) is 1. The Morgan fingerprint density at radius 2 is 2.00 bits per heavy atom. The number of rotatable bonds is 3. The maximum Gasteiger partial charge on any atom is 0.225 e. The fraction of sp³-hybridized carbons (Fsp3) is 0.412. The van der Waals surface area contributed by atoms with Crippen molar-refractivity contribution < 1.29 is 8.78 Å². The van der Waals surface area contributed by atoms with Crippen LogP contribution in [-0.4, -0.2) is 32.5 Å². The van der Waals surface area contributed by atoms with Crippen LogP contribution in [0.5, 0.6) is 0 Å². The van der Waals surface area contributed by atoms with Crippen LogP contribution in [0.15, 0.2) is 12.1 Å². The van der Waals surface area contributed by atoms with Gasteiger partial charge in [-0.05, 0) is 47.3 Å². The van der Waals surface area contributed by atoms with Crippen LogP contribution in [0.2, 0.25) is 5.28 Å². The van der Waals surface area contributed by atoms with Crippen LogP contribution in [0.1, 0.15) is 19.3 Å². The summed E-state index contributed by atoms with van der Waals surface area (Å²) in [6.45, 7) is 1.74. The number of hydrogen-bond donors (Lipinski definition) is 1. The highest BCUT2D eigenvalue weighted by Crippen LogP contribution is 2.34. The van der Waals surface area contributed by atoms with Crippen molar-refractivity contribution in [3.8, 4) is 0 Å². The molecule has 4 rings (SSSR count). The van der Waals surface area contributed by atoms with Crippen LogP contribution in [-0.2, 0) is 0 Å². The third-order valence-corrected chi connectivity index (χ3v) is 5.64. The Morgan fingerprint density at radius 3 is 2.72 bits per heavy atom. The first-order chi connectivity index (χ1) is 12.1. The molecule has 0 aliphatic carbocycles. The predicted molar refractivity (Wildman–Crippen MR) is 105 cm³/mol. The van der Waals surface area contributed by atoms with E-state index >= 15 is 0 Å². The molecule has 1 aliphatic heterocycles. The summed E-state index contributed by atoms with van der Waals surface area (Å²) in [7, 11) is 0. The number of piperidine rings is 1. The Kier molecular flexibility index (Phi) is 4.70. The van der Waals surface area contributed by atoms with Gasteiger partial charge in [-0.2, -0.15) is 4.98 Å². The van der Waals surface area contributed by atoms with Gasteiger partial charge in [0.1, 0.15) is 22.7 Å². The van der Waals surface area contributed by atoms with E-state index in [1.807, 2.05) is 0 Å². The number of benzene rings is 1. The number of fused-ring (bicyclic) bond motifs is 3. The predicted octanol–water partition coefficient (Wildman–Crippen LogP) is 5.08. The summed E-state index contributed by atoms with van der Waals surface area (Å²) in [6.07, 6.45) is 3.41. The number of nitrogens with zero attached hydrogens (tertiary/aromatic N) is 3. The molecule has 1 aliphatic rings. The Balaban J connectivity index is 1.81. The topological polar surface area (TPSA) is 44.8 Å². The molecule has 1 saturated heterocycles. The zero-order valence-electron chi connectivity index (χ0n) is 13.3. The lowest BCUT2D eigenvalue weighted by atomic mass is 9.94. The lowest BCUT2D eigenvalue weighted by Crippen LogP contribution is -2.34. The normalized spacial score (nSPS) is 16.2. The van der Waals surface area contributed by atoms with Crippen molar-refractivity contribution in [3.05, 3.63) is 29.1 Å². The second kappa shape index (κ2) is 6.83. The van der Waals surface area contributed by atoms with E-state index in [-0.39, 0.29) is 10.7 Å². The molecule has 0 unspecified atom stereocenters. The highest BCUT2D eigenvalue weighted by atomic mass is 127. The van der Waals surface area contributed by atoms with E-state index in [1.165, 1.54) is 16.9 Å². The molecule has 3 heterocycles. The molecule has 132 valence electrons. The molecule has 1 fully saturated rings. The van der Waals surface area contributed by atoms with Crippen molar-refractivity contribution in [1.29, 1.82) is 0 Å². The van der Waals surface area contributed by atoms with Crippen LogP contribution in [0.25, 0.3) is 21.9 Å². The largest absolute Gasteiger partial charge is 0.355 e. The Hall–Kier alpha value is -1.22. The standard InChI is InChI=1S/C17H16ClF2IN4/c18-17-23-14-13-11(20)7-10(19)8-12(13)22-15(14)16(24-17)25-5-2-9(1-4-21)3-6-25/h7-9,22H,1-6H2. The van der Waals surface area contributed by atoms with Crippen LogP contribution >= 0.6 is 34.2 Å². The number of hydrogen-bond acceptors (Lipinski definition) is 3. The van der Waals surface area contributed by atoms with Crippen LogP contribution in [0, 0.1) is 17.6 Å². The van der Waals surface area contributed by atoms with Gasteiger partial charge < -0.3 is 9.88 Å². The number of H-pyrrole nitrogens is 1. The summed E-state index contributed by atoms with van der Waals surface area (Å²) in [5.41, 5.74) is 1.37. The number of aromatic amines is 1. The summed E-state index contributed by atoms with van der Waals surface area (Å²) in [4.78, 5) is 13.8. The number of halogens is 4. The minimum absolute atomic E-state index is 0.0708. The zero-order chi connectivity index (χ0) is 17.6. The Morgan fingerprint density at radius 1 is 1.24 bits per heavy atom. The van der Waals surface area contributed by atoms with E-state index in [9.17, 15) is 8.78 Å². The van der Waals surface area contributed by atoms with Gasteiger partial charge >= 0.3 is 0 Å². The third-order valence-electron chi connectivity index (χ3n) is 4.85. The number of alkyl halides is 1. The van der Waals surface area contributed by atoms with Gasteiger partial charge in [0, 0.05) is 19.2 Å². The van der Waals surface area contributed by atoms with E-state index in [0.717, 1.165) is 37.9 Å². The van der Waals surface area contributed by atoms with Gasteiger partial charge in [-0.15, -0.1) is 0 Å². The quantitative estimate of drug-likeness (QED) is 0.326. The first kappa shape index (κ1) is 17.2. The minimum atomic E-state index is -0.650. The Labute approximate surface area is 162 Å². The molecular weight excluding hydrogens is 461 g/mol. The molecule has 2 aromatic heterocycles. The van der Waals surface area contributed by atoms with Crippen LogP contribution in [0.3, 0.4) is 0 Å². The molecule has 0 bridgehead atoms. The average Bonchev–Trinajstić information content (AvgIpc) is 2.93. The van der Waals surface area contributed by atoms with Gasteiger partial charge in [0.05, 0.1) is 10.9 Å². The average molecular weight is 477 g/mol. The van der Waals surface area contributed by atoms with Crippen molar-refractivity contribution in [2.45, 2.75) is 19.3 Å². The fourth-order valence-corrected chi connectivity index (χ4v) is 4.63. The third kappa shape index (κ3) is 3.16. The number of aromatic nitrogens is 3. The van der Waals surface area contributed by atoms with Gasteiger partial charge in [0.15, 0.2) is 5.82 Å². The summed E-state index contributed by atoms with van der Waals surface area (Å²) in [5.74, 6) is 0.119. The maximum absolute atomic E-state index is 14.3. The second-order valence-corrected chi connectivity index (χ2v) is 7.80. The van der Waals surface area contributed by atoms with Crippen molar-refractivity contribution >= 4 is 61.9 Å². The van der Waals surface area contributed by atoms with Crippen molar-refractivity contribution in [1.82, 2.24) is 15.0 Å². The monoisotopic (exact) mass is 476 g/mol. The molecule has 0 atom stereocenters. The smallest absolute Gasteiger partial charge is 0.225 e. The molecule has 4 nitrogen and oxygen atoms in total. The SMILES string of the molecule is Fc1cc(F)c2c(c1)[nH]c1c(N3CCC(CCI)CC3)nc(Cl)nc12. The molecule has 0 amide bonds. The van der Waals surface area contributed by atoms with E-state index in [2.05, 4.69) is 42.4 Å². The first-order valence-electron chi connectivity index (χ1n) is 8.21. The van der Waals surface area contributed by atoms with Crippen molar-refractivity contribution in [2.24, 2.45) is 5.92 Å². The van der Waals surface area contributed by atoms with Crippen LogP contribution < -0.4 is 4.90 Å². The molecule has 0 spiro atoms. The Bertz CT molecular complexity index is 937. The van der Waals surface area contributed by atoms with Crippen molar-refractivity contribution in [3.63, 3.8) is 0 Å². The summed E-state index contributed by atoms with van der Waals surface area (Å²) in [5, 5.41) is 0.322. The highest BCUT2D eigenvalue weighted by Gasteiger charge is 2.24. The lowest BCUT2D eigenvalue weighted by molar-refractivity contribution is 0.398. The van der Waals surface area contributed by atoms with E-state index < -0.39 is 11.6 Å². The van der Waals surface area contributed by atoms with Gasteiger partial charge in [-0.3, -0.25) is 0 Å². The van der Waals surface area contributed by atoms with Gasteiger partial charge in [-0.1, -0.05) is 22.6 Å². The van der Waals surface area contributed by atoms with Gasteiger partial charge in [-0.25, -0.2) is 13.8 Å². The molecule has 0 saturated carbocycles. The van der Waals surface area contributed by atoms with E-state index in [1.54, 1.807) is 0 Å². The highest BCUT2D eigenvalue weighted by molar-refractivity contribution is 14.1. The molecule has 3 aromatic rings. The van der Waals surface area contributed by atoms with Gasteiger partial charge in [0.2, 0.25) is 5.28 Å². The maximum atomic E-state index is 14.3. The number of anilines is 1. The molecule has 1 aromatic carbocycles. The minimum Gasteiger partial charge on any atom is -0.355 e. The van der Waals surface area contributed by atoms with E-state index in [0.29, 0.717) is 22.4 Å². The summed E-state index contributed by atoms with van der Waals surface area (Å²) in [6, 6.07) is 2.13. The zero-order valence-corrected chi connectivity index (χ0v) is 16.2. The molecule has 25 heavy (non-hydrogen) atoms. The molecule has 1 N–H and O–H groups in total. The second-order valence-electron chi connectivity index (χ2n) is 6.38. The van der Waals surface area contributed by atoms with E-state index in [4.69, 9.17) is 11.6 Å². The molecular formula is C17H16ClF2IN4. The molecule has 8 heteroatoms. The van der Waals surface area contributed by atoms with Gasteiger partial charge in [0.25, 0.3) is 0 Å². The van der Waals surface area contributed by atoms with Crippen LogP contribution in [0.4, 0.5) is 14.6 Å². The fourth-order valence-electron chi connectivity index (χ4n) is 3.58.